The Hall–Kier alpha value is -2.34. The van der Waals surface area contributed by atoms with Crippen molar-refractivity contribution in [3.05, 3.63) is 35.2 Å². The van der Waals surface area contributed by atoms with Crippen LogP contribution in [0.3, 0.4) is 0 Å². The van der Waals surface area contributed by atoms with E-state index in [1.807, 2.05) is 43.5 Å². The first kappa shape index (κ1) is 21.0. The number of nitrogens with one attached hydrogen (secondary N) is 1. The second kappa shape index (κ2) is 10.1. The Morgan fingerprint density at radius 3 is 2.44 bits per heavy atom. The molecule has 1 heterocycles. The molecular formula is C21H27NO4S. The Morgan fingerprint density at radius 2 is 1.85 bits per heavy atom. The summed E-state index contributed by atoms with van der Waals surface area (Å²) in [5, 5.41) is 5.27. The fourth-order valence-electron chi connectivity index (χ4n) is 2.57. The third kappa shape index (κ3) is 5.82. The van der Waals surface area contributed by atoms with Crippen molar-refractivity contribution in [1.29, 1.82) is 0 Å². The first-order valence-corrected chi connectivity index (χ1v) is 10.2. The molecule has 0 radical (unpaired) electrons. The van der Waals surface area contributed by atoms with Crippen LogP contribution in [0.25, 0.3) is 11.1 Å². The number of rotatable bonds is 9. The summed E-state index contributed by atoms with van der Waals surface area (Å²) >= 11 is 1.33. The van der Waals surface area contributed by atoms with Crippen molar-refractivity contribution >= 4 is 28.2 Å². The Balaban J connectivity index is 2.32. The summed E-state index contributed by atoms with van der Waals surface area (Å²) in [6, 6.07) is 7.59. The number of esters is 1. The second-order valence-electron chi connectivity index (χ2n) is 6.59. The van der Waals surface area contributed by atoms with Gasteiger partial charge in [-0.15, -0.1) is 11.3 Å². The number of ether oxygens (including phenoxy) is 2. The molecule has 1 aromatic heterocycles. The van der Waals surface area contributed by atoms with Crippen LogP contribution >= 0.6 is 11.3 Å². The van der Waals surface area contributed by atoms with Crippen molar-refractivity contribution in [3.63, 3.8) is 0 Å². The van der Waals surface area contributed by atoms with E-state index in [4.69, 9.17) is 9.47 Å². The summed E-state index contributed by atoms with van der Waals surface area (Å²) in [6.45, 7) is 8.72. The van der Waals surface area contributed by atoms with Gasteiger partial charge in [-0.3, -0.25) is 4.79 Å². The molecule has 1 amide bonds. The third-order valence-electron chi connectivity index (χ3n) is 3.76. The van der Waals surface area contributed by atoms with Gasteiger partial charge in [-0.2, -0.15) is 0 Å². The van der Waals surface area contributed by atoms with E-state index >= 15 is 0 Å². The van der Waals surface area contributed by atoms with Gasteiger partial charge in [0.2, 0.25) is 5.91 Å². The summed E-state index contributed by atoms with van der Waals surface area (Å²) in [4.78, 5) is 24.7. The largest absolute Gasteiger partial charge is 0.494 e. The van der Waals surface area contributed by atoms with Crippen LogP contribution in [0, 0.1) is 5.92 Å². The number of carbonyl (C=O) groups excluding carboxylic acids is 2. The minimum absolute atomic E-state index is 0.104. The summed E-state index contributed by atoms with van der Waals surface area (Å²) in [5.41, 5.74) is 2.03. The minimum Gasteiger partial charge on any atom is -0.494 e. The maximum atomic E-state index is 12.5. The van der Waals surface area contributed by atoms with Gasteiger partial charge in [-0.05, 0) is 37.0 Å². The Kier molecular flexibility index (Phi) is 7.85. The van der Waals surface area contributed by atoms with Gasteiger partial charge in [0.05, 0.1) is 13.2 Å². The fraction of sp³-hybridized carbons (Fsp3) is 0.429. The molecule has 0 spiro atoms. The van der Waals surface area contributed by atoms with E-state index in [0.717, 1.165) is 23.3 Å². The zero-order valence-electron chi connectivity index (χ0n) is 16.3. The highest BCUT2D eigenvalue weighted by Gasteiger charge is 2.23. The molecule has 0 saturated heterocycles. The highest BCUT2D eigenvalue weighted by atomic mass is 32.1. The predicted octanol–water partition coefficient (Wildman–Crippen LogP) is 5.37. The zero-order valence-corrected chi connectivity index (χ0v) is 17.2. The van der Waals surface area contributed by atoms with Gasteiger partial charge in [-0.1, -0.05) is 32.9 Å². The van der Waals surface area contributed by atoms with E-state index in [1.165, 1.54) is 11.3 Å². The first-order valence-electron chi connectivity index (χ1n) is 9.27. The quantitative estimate of drug-likeness (QED) is 0.586. The molecule has 2 aromatic rings. The predicted molar refractivity (Wildman–Crippen MR) is 110 cm³/mol. The van der Waals surface area contributed by atoms with E-state index in [0.29, 0.717) is 23.6 Å². The van der Waals surface area contributed by atoms with Crippen LogP contribution in [0.4, 0.5) is 5.00 Å². The van der Waals surface area contributed by atoms with Gasteiger partial charge >= 0.3 is 5.97 Å². The van der Waals surface area contributed by atoms with Crippen molar-refractivity contribution in [2.45, 2.75) is 40.5 Å². The monoisotopic (exact) mass is 389 g/mol. The average Bonchev–Trinajstić information content (AvgIpc) is 3.03. The summed E-state index contributed by atoms with van der Waals surface area (Å²) < 4.78 is 10.8. The molecule has 0 aliphatic rings. The molecule has 5 nitrogen and oxygen atoms in total. The van der Waals surface area contributed by atoms with Crippen molar-refractivity contribution in [2.75, 3.05) is 18.5 Å². The molecule has 0 aliphatic heterocycles. The Morgan fingerprint density at radius 1 is 1.15 bits per heavy atom. The first-order chi connectivity index (χ1) is 13.0. The number of hydrogen-bond donors (Lipinski definition) is 1. The van der Waals surface area contributed by atoms with Crippen LogP contribution in [0.1, 0.15) is 50.9 Å². The standard InChI is InChI=1S/C21H27NO4S/c1-5-11-26-16-9-7-15(8-10-16)17-13-27-20(19(17)21(24)25-6-2)22-18(23)12-14(3)4/h7-10,13-14H,5-6,11-12H2,1-4H3,(H,22,23). The maximum absolute atomic E-state index is 12.5. The van der Waals surface area contributed by atoms with Crippen LogP contribution < -0.4 is 10.1 Å². The van der Waals surface area contributed by atoms with E-state index < -0.39 is 5.97 Å². The highest BCUT2D eigenvalue weighted by Crippen LogP contribution is 2.37. The molecule has 6 heteroatoms. The minimum atomic E-state index is -0.431. The molecule has 0 fully saturated rings. The summed E-state index contributed by atoms with van der Waals surface area (Å²) in [5.74, 6) is 0.497. The highest BCUT2D eigenvalue weighted by molar-refractivity contribution is 7.15. The van der Waals surface area contributed by atoms with Crippen molar-refractivity contribution in [1.82, 2.24) is 0 Å². The van der Waals surface area contributed by atoms with Crippen LogP contribution in [0.15, 0.2) is 29.6 Å². The Bertz CT molecular complexity index is 765. The lowest BCUT2D eigenvalue weighted by Gasteiger charge is -2.10. The van der Waals surface area contributed by atoms with Gasteiger partial charge in [0, 0.05) is 17.4 Å². The van der Waals surface area contributed by atoms with Crippen LogP contribution in [0.2, 0.25) is 0 Å². The molecule has 0 saturated carbocycles. The van der Waals surface area contributed by atoms with E-state index in [-0.39, 0.29) is 18.4 Å². The maximum Gasteiger partial charge on any atom is 0.341 e. The number of amides is 1. The van der Waals surface area contributed by atoms with Gasteiger partial charge < -0.3 is 14.8 Å². The van der Waals surface area contributed by atoms with Crippen LogP contribution in [-0.2, 0) is 9.53 Å². The molecule has 1 aromatic carbocycles. The van der Waals surface area contributed by atoms with Crippen LogP contribution in [0.5, 0.6) is 5.75 Å². The van der Waals surface area contributed by atoms with Gasteiger partial charge in [-0.25, -0.2) is 4.79 Å². The molecule has 0 atom stereocenters. The molecule has 2 rings (SSSR count). The fourth-order valence-corrected chi connectivity index (χ4v) is 3.54. The molecule has 0 aliphatic carbocycles. The van der Waals surface area contributed by atoms with Crippen molar-refractivity contribution < 1.29 is 19.1 Å². The number of hydrogen-bond acceptors (Lipinski definition) is 5. The molecule has 0 bridgehead atoms. The Labute approximate surface area is 164 Å². The zero-order chi connectivity index (χ0) is 19.8. The second-order valence-corrected chi connectivity index (χ2v) is 7.47. The average molecular weight is 390 g/mol. The lowest BCUT2D eigenvalue weighted by Crippen LogP contribution is -2.16. The van der Waals surface area contributed by atoms with Crippen molar-refractivity contribution in [2.24, 2.45) is 5.92 Å². The lowest BCUT2D eigenvalue weighted by atomic mass is 10.0. The van der Waals surface area contributed by atoms with Gasteiger partial charge in [0.1, 0.15) is 16.3 Å². The third-order valence-corrected chi connectivity index (χ3v) is 4.65. The lowest BCUT2D eigenvalue weighted by molar-refractivity contribution is -0.116. The summed E-state index contributed by atoms with van der Waals surface area (Å²) in [7, 11) is 0. The van der Waals surface area contributed by atoms with Crippen LogP contribution in [-0.4, -0.2) is 25.1 Å². The molecule has 0 unspecified atom stereocenters. The molecule has 146 valence electrons. The van der Waals surface area contributed by atoms with E-state index in [2.05, 4.69) is 12.2 Å². The molecule has 1 N–H and O–H groups in total. The number of carbonyl (C=O) groups is 2. The normalized spacial score (nSPS) is 10.7. The topological polar surface area (TPSA) is 64.6 Å². The number of anilines is 1. The van der Waals surface area contributed by atoms with Gasteiger partial charge in [0.15, 0.2) is 0 Å². The molecular weight excluding hydrogens is 362 g/mol. The van der Waals surface area contributed by atoms with Crippen molar-refractivity contribution in [3.8, 4) is 16.9 Å². The molecule has 27 heavy (non-hydrogen) atoms. The SMILES string of the molecule is CCCOc1ccc(-c2csc(NC(=O)CC(C)C)c2C(=O)OCC)cc1. The number of benzene rings is 1. The van der Waals surface area contributed by atoms with Gasteiger partial charge in [0.25, 0.3) is 0 Å². The number of thiophene rings is 1. The van der Waals surface area contributed by atoms with E-state index in [9.17, 15) is 9.59 Å². The smallest absolute Gasteiger partial charge is 0.341 e. The van der Waals surface area contributed by atoms with E-state index in [1.54, 1.807) is 6.92 Å². The summed E-state index contributed by atoms with van der Waals surface area (Å²) in [6.07, 6.45) is 1.34.